The van der Waals surface area contributed by atoms with E-state index in [1.54, 1.807) is 44.7 Å². The Morgan fingerprint density at radius 2 is 1.84 bits per heavy atom. The van der Waals surface area contributed by atoms with E-state index in [1.807, 2.05) is 29.2 Å². The van der Waals surface area contributed by atoms with Crippen LogP contribution < -0.4 is 14.2 Å². The summed E-state index contributed by atoms with van der Waals surface area (Å²) in [5, 5.41) is 0. The summed E-state index contributed by atoms with van der Waals surface area (Å²) in [6.07, 6.45) is 5.18. The molecule has 7 nitrogen and oxygen atoms in total. The number of ether oxygens (including phenoxy) is 3. The molecule has 1 aliphatic heterocycles. The van der Waals surface area contributed by atoms with Gasteiger partial charge in [-0.1, -0.05) is 12.1 Å². The molecule has 0 spiro atoms. The molecule has 2 heterocycles. The lowest BCUT2D eigenvalue weighted by atomic mass is 10.0. The Balaban J connectivity index is 1.40. The van der Waals surface area contributed by atoms with Crippen molar-refractivity contribution < 1.29 is 23.4 Å². The minimum Gasteiger partial charge on any atom is -0.497 e. The van der Waals surface area contributed by atoms with Gasteiger partial charge in [-0.15, -0.1) is 0 Å². The van der Waals surface area contributed by atoms with Crippen molar-refractivity contribution in [1.82, 2.24) is 9.88 Å². The maximum atomic E-state index is 12.9. The number of carbonyl (C=O) groups excluding carboxylic acids is 1. The Hall–Kier alpha value is -3.48. The molecule has 1 atom stereocenters. The zero-order chi connectivity index (χ0) is 22.3. The second kappa shape index (κ2) is 10.2. The molecule has 4 rings (SSSR count). The molecular weight excluding hydrogens is 408 g/mol. The van der Waals surface area contributed by atoms with Crippen molar-refractivity contribution in [1.29, 1.82) is 0 Å². The molecule has 0 saturated carbocycles. The molecule has 0 aliphatic carbocycles. The van der Waals surface area contributed by atoms with Crippen LogP contribution in [0.4, 0.5) is 0 Å². The van der Waals surface area contributed by atoms with E-state index >= 15 is 0 Å². The molecule has 1 unspecified atom stereocenters. The van der Waals surface area contributed by atoms with E-state index in [1.165, 1.54) is 0 Å². The largest absolute Gasteiger partial charge is 0.497 e. The van der Waals surface area contributed by atoms with Crippen molar-refractivity contribution in [2.75, 3.05) is 27.4 Å². The van der Waals surface area contributed by atoms with Crippen LogP contribution >= 0.6 is 0 Å². The summed E-state index contributed by atoms with van der Waals surface area (Å²) >= 11 is 0. The number of likely N-dealkylation sites (tertiary alicyclic amines) is 1. The third-order valence-electron chi connectivity index (χ3n) is 5.61. The van der Waals surface area contributed by atoms with Gasteiger partial charge in [-0.25, -0.2) is 4.98 Å². The number of amides is 1. The number of hydrogen-bond donors (Lipinski definition) is 0. The summed E-state index contributed by atoms with van der Waals surface area (Å²) in [7, 11) is 3.26. The number of carbonyl (C=O) groups is 1. The Bertz CT molecular complexity index is 1030. The predicted molar refractivity (Wildman–Crippen MR) is 119 cm³/mol. The zero-order valence-electron chi connectivity index (χ0n) is 18.5. The van der Waals surface area contributed by atoms with Crippen LogP contribution in [0, 0.1) is 0 Å². The fourth-order valence-electron chi connectivity index (χ4n) is 3.93. The molecule has 2 aromatic carbocycles. The van der Waals surface area contributed by atoms with E-state index in [0.717, 1.165) is 42.1 Å². The fourth-order valence-corrected chi connectivity index (χ4v) is 3.93. The van der Waals surface area contributed by atoms with Gasteiger partial charge in [0.15, 0.2) is 6.61 Å². The van der Waals surface area contributed by atoms with Crippen LogP contribution in [-0.2, 0) is 11.2 Å². The molecule has 1 aromatic heterocycles. The van der Waals surface area contributed by atoms with E-state index in [-0.39, 0.29) is 18.6 Å². The SMILES string of the molecule is COc1ccc(OCC(=O)N2CCCCC2c2ncc(Cc3cccc(OC)c3)o2)cc1. The number of benzene rings is 2. The molecule has 1 amide bonds. The second-order valence-corrected chi connectivity index (χ2v) is 7.76. The Labute approximate surface area is 187 Å². The van der Waals surface area contributed by atoms with Gasteiger partial charge in [0, 0.05) is 13.0 Å². The summed E-state index contributed by atoms with van der Waals surface area (Å²) in [5.74, 6) is 3.46. The van der Waals surface area contributed by atoms with Crippen LogP contribution in [0.1, 0.15) is 42.5 Å². The second-order valence-electron chi connectivity index (χ2n) is 7.76. The third-order valence-corrected chi connectivity index (χ3v) is 5.61. The highest BCUT2D eigenvalue weighted by atomic mass is 16.5. The molecule has 1 saturated heterocycles. The van der Waals surface area contributed by atoms with Crippen LogP contribution in [0.5, 0.6) is 17.2 Å². The number of oxazole rings is 1. The number of nitrogens with zero attached hydrogens (tertiary/aromatic N) is 2. The lowest BCUT2D eigenvalue weighted by Crippen LogP contribution is -2.41. The fraction of sp³-hybridized carbons (Fsp3) is 0.360. The van der Waals surface area contributed by atoms with Crippen molar-refractivity contribution in [3.8, 4) is 17.2 Å². The first kappa shape index (κ1) is 21.7. The van der Waals surface area contributed by atoms with Crippen molar-refractivity contribution in [3.63, 3.8) is 0 Å². The highest BCUT2D eigenvalue weighted by molar-refractivity contribution is 5.78. The Kier molecular flexibility index (Phi) is 6.94. The van der Waals surface area contributed by atoms with E-state index in [9.17, 15) is 4.79 Å². The van der Waals surface area contributed by atoms with Crippen LogP contribution in [0.15, 0.2) is 59.1 Å². The smallest absolute Gasteiger partial charge is 0.261 e. The summed E-state index contributed by atoms with van der Waals surface area (Å²) in [6.45, 7) is 0.642. The molecule has 3 aromatic rings. The molecule has 7 heteroatoms. The third kappa shape index (κ3) is 5.22. The molecule has 32 heavy (non-hydrogen) atoms. The van der Waals surface area contributed by atoms with E-state index < -0.39 is 0 Å². The van der Waals surface area contributed by atoms with Crippen molar-refractivity contribution in [2.24, 2.45) is 0 Å². The molecule has 168 valence electrons. The lowest BCUT2D eigenvalue weighted by molar-refractivity contribution is -0.137. The maximum absolute atomic E-state index is 12.9. The number of piperidine rings is 1. The van der Waals surface area contributed by atoms with Gasteiger partial charge in [-0.3, -0.25) is 4.79 Å². The van der Waals surface area contributed by atoms with E-state index in [4.69, 9.17) is 18.6 Å². The van der Waals surface area contributed by atoms with Crippen LogP contribution in [-0.4, -0.2) is 43.2 Å². The summed E-state index contributed by atoms with van der Waals surface area (Å²) < 4.78 is 22.2. The minimum atomic E-state index is -0.172. The van der Waals surface area contributed by atoms with Gasteiger partial charge in [-0.05, 0) is 61.2 Å². The summed E-state index contributed by atoms with van der Waals surface area (Å²) in [5.41, 5.74) is 1.08. The number of rotatable bonds is 8. The molecule has 0 N–H and O–H groups in total. The molecule has 1 fully saturated rings. The first-order chi connectivity index (χ1) is 15.7. The normalized spacial score (nSPS) is 15.9. The van der Waals surface area contributed by atoms with Crippen LogP contribution in [0.2, 0.25) is 0 Å². The van der Waals surface area contributed by atoms with Crippen LogP contribution in [0.3, 0.4) is 0 Å². The van der Waals surface area contributed by atoms with Gasteiger partial charge in [0.25, 0.3) is 5.91 Å². The highest BCUT2D eigenvalue weighted by Gasteiger charge is 2.31. The standard InChI is InChI=1S/C25H28N2O5/c1-29-19-9-11-20(12-10-19)31-17-24(28)27-13-4-3-8-23(27)25-26-16-22(32-25)15-18-6-5-7-21(14-18)30-2/h5-7,9-12,14,16,23H,3-4,8,13,15,17H2,1-2H3. The Morgan fingerprint density at radius 3 is 2.62 bits per heavy atom. The van der Waals surface area contributed by atoms with Gasteiger partial charge in [-0.2, -0.15) is 0 Å². The molecular formula is C25H28N2O5. The number of aromatic nitrogens is 1. The maximum Gasteiger partial charge on any atom is 0.261 e. The van der Waals surface area contributed by atoms with Gasteiger partial charge in [0.2, 0.25) is 5.89 Å². The van der Waals surface area contributed by atoms with Crippen LogP contribution in [0.25, 0.3) is 0 Å². The van der Waals surface area contributed by atoms with E-state index in [2.05, 4.69) is 4.98 Å². The average Bonchev–Trinajstić information content (AvgIpc) is 3.31. The first-order valence-corrected chi connectivity index (χ1v) is 10.8. The van der Waals surface area contributed by atoms with Gasteiger partial charge in [0.05, 0.1) is 20.4 Å². The van der Waals surface area contributed by atoms with Gasteiger partial charge >= 0.3 is 0 Å². The van der Waals surface area contributed by atoms with Gasteiger partial charge < -0.3 is 23.5 Å². The van der Waals surface area contributed by atoms with Gasteiger partial charge in [0.1, 0.15) is 29.1 Å². The lowest BCUT2D eigenvalue weighted by Gasteiger charge is -2.33. The van der Waals surface area contributed by atoms with Crippen molar-refractivity contribution in [3.05, 3.63) is 71.9 Å². The monoisotopic (exact) mass is 436 g/mol. The average molecular weight is 437 g/mol. The molecule has 1 aliphatic rings. The highest BCUT2D eigenvalue weighted by Crippen LogP contribution is 2.31. The predicted octanol–water partition coefficient (Wildman–Crippen LogP) is 4.42. The summed E-state index contributed by atoms with van der Waals surface area (Å²) in [6, 6.07) is 14.9. The summed E-state index contributed by atoms with van der Waals surface area (Å²) in [4.78, 5) is 19.3. The number of methoxy groups -OCH3 is 2. The van der Waals surface area contributed by atoms with E-state index in [0.29, 0.717) is 24.6 Å². The number of hydrogen-bond acceptors (Lipinski definition) is 6. The Morgan fingerprint density at radius 1 is 1.06 bits per heavy atom. The van der Waals surface area contributed by atoms with Crippen molar-refractivity contribution >= 4 is 5.91 Å². The zero-order valence-corrected chi connectivity index (χ0v) is 18.5. The molecule has 0 bridgehead atoms. The van der Waals surface area contributed by atoms with Crippen molar-refractivity contribution in [2.45, 2.75) is 31.7 Å². The molecule has 0 radical (unpaired) electrons. The quantitative estimate of drug-likeness (QED) is 0.521. The topological polar surface area (TPSA) is 74.0 Å². The minimum absolute atomic E-state index is 0.0276. The first-order valence-electron chi connectivity index (χ1n) is 10.8.